The molecule has 0 bridgehead atoms. The normalized spacial score (nSPS) is 19.1. The second kappa shape index (κ2) is 7.60. The summed E-state index contributed by atoms with van der Waals surface area (Å²) in [5.74, 6) is 1.44. The Labute approximate surface area is 198 Å². The Bertz CT molecular complexity index is 1580. The summed E-state index contributed by atoms with van der Waals surface area (Å²) in [4.78, 5) is 4.33. The summed E-state index contributed by atoms with van der Waals surface area (Å²) in [5.41, 5.74) is 9.35. The van der Waals surface area contributed by atoms with Crippen LogP contribution in [0.4, 0.5) is 0 Å². The molecule has 3 aliphatic carbocycles. The summed E-state index contributed by atoms with van der Waals surface area (Å²) in [5, 5.41) is 11.6. The molecule has 3 heterocycles. The molecule has 0 fully saturated rings. The number of furan rings is 1. The molecule has 1 atom stereocenters. The highest BCUT2D eigenvalue weighted by Gasteiger charge is 2.25. The van der Waals surface area contributed by atoms with Gasteiger partial charge in [0.2, 0.25) is 0 Å². The fraction of sp³-hybridized carbons (Fsp3) is 0.267. The minimum absolute atomic E-state index is 0.324. The molecule has 0 spiro atoms. The monoisotopic (exact) mass is 443 g/mol. The number of hydrogen-bond acceptors (Lipinski definition) is 3. The minimum Gasteiger partial charge on any atom is -0.460 e. The molecule has 0 aliphatic heterocycles. The molecule has 166 valence electrons. The van der Waals surface area contributed by atoms with E-state index in [1.807, 2.05) is 12.3 Å². The van der Waals surface area contributed by atoms with Gasteiger partial charge in [-0.15, -0.1) is 0 Å². The smallest absolute Gasteiger partial charge is 0.140 e. The Kier molecular flexibility index (Phi) is 4.38. The van der Waals surface area contributed by atoms with Crippen LogP contribution in [-0.2, 0) is 12.8 Å². The van der Waals surface area contributed by atoms with E-state index in [0.29, 0.717) is 11.6 Å². The van der Waals surface area contributed by atoms with Crippen molar-refractivity contribution in [2.45, 2.75) is 50.9 Å². The molecule has 3 aliphatic rings. The van der Waals surface area contributed by atoms with Gasteiger partial charge in [-0.25, -0.2) is 4.98 Å². The van der Waals surface area contributed by atoms with Crippen LogP contribution in [0.1, 0.15) is 71.9 Å². The number of nitriles is 1. The third-order valence-electron chi connectivity index (χ3n) is 7.65. The summed E-state index contributed by atoms with van der Waals surface area (Å²) in [7, 11) is 0. The van der Waals surface area contributed by atoms with E-state index in [0.717, 1.165) is 56.3 Å². The lowest BCUT2D eigenvalue weighted by molar-refractivity contribution is 0.546. The summed E-state index contributed by atoms with van der Waals surface area (Å²) < 4.78 is 8.85. The molecule has 0 saturated heterocycles. The largest absolute Gasteiger partial charge is 0.460 e. The van der Waals surface area contributed by atoms with Crippen LogP contribution in [0, 0.1) is 11.3 Å². The van der Waals surface area contributed by atoms with Crippen LogP contribution < -0.4 is 0 Å². The van der Waals surface area contributed by atoms with Crippen molar-refractivity contribution in [1.29, 1.82) is 5.26 Å². The minimum atomic E-state index is 0.324. The fourth-order valence-electron chi connectivity index (χ4n) is 6.03. The quantitative estimate of drug-likeness (QED) is 0.325. The number of hydrogen-bond donors (Lipinski definition) is 0. The van der Waals surface area contributed by atoms with E-state index in [2.05, 4.69) is 64.2 Å². The number of nitrogens with zero attached hydrogens (tertiary/aromatic N) is 3. The number of benzene rings is 1. The van der Waals surface area contributed by atoms with Gasteiger partial charge in [-0.2, -0.15) is 5.26 Å². The van der Waals surface area contributed by atoms with Gasteiger partial charge in [0.15, 0.2) is 0 Å². The maximum atomic E-state index is 9.11. The number of allylic oxidation sites excluding steroid dienone is 4. The molecule has 4 aromatic rings. The highest BCUT2D eigenvalue weighted by atomic mass is 16.3. The van der Waals surface area contributed by atoms with Crippen LogP contribution in [0.2, 0.25) is 0 Å². The average molecular weight is 444 g/mol. The third kappa shape index (κ3) is 2.93. The van der Waals surface area contributed by atoms with Crippen molar-refractivity contribution in [3.63, 3.8) is 0 Å². The Hall–Kier alpha value is -3.84. The second-order valence-electron chi connectivity index (χ2n) is 9.63. The summed E-state index contributed by atoms with van der Waals surface area (Å²) in [6, 6.07) is 10.7. The number of pyridine rings is 1. The first-order valence-corrected chi connectivity index (χ1v) is 12.3. The van der Waals surface area contributed by atoms with Crippen molar-refractivity contribution in [1.82, 2.24) is 9.55 Å². The van der Waals surface area contributed by atoms with Gasteiger partial charge in [0.05, 0.1) is 5.52 Å². The lowest BCUT2D eigenvalue weighted by Gasteiger charge is -2.24. The lowest BCUT2D eigenvalue weighted by Crippen LogP contribution is -2.11. The molecule has 0 N–H and O–H groups in total. The van der Waals surface area contributed by atoms with Gasteiger partial charge in [-0.1, -0.05) is 36.4 Å². The SMILES string of the molecule is N#Cc1ccc(C2C=C(n3c4c(c5cc6oc7c(c6cc53)C=CCC7)C=CCC4)CCC2)cn1. The van der Waals surface area contributed by atoms with Crippen LogP contribution >= 0.6 is 0 Å². The van der Waals surface area contributed by atoms with E-state index < -0.39 is 0 Å². The standard InChI is InChI=1S/C30H25N3O/c31-17-21-13-12-20(18-32-21)19-6-5-7-22(14-19)33-27-10-3-1-8-23(27)25-16-30-26(15-28(25)33)24-9-2-4-11-29(24)34-30/h1-2,8-9,12-16,18-19H,3-7,10-11H2. The maximum Gasteiger partial charge on any atom is 0.140 e. The Morgan fingerprint density at radius 2 is 1.88 bits per heavy atom. The molecule has 34 heavy (non-hydrogen) atoms. The molecule has 0 radical (unpaired) electrons. The van der Waals surface area contributed by atoms with Crippen LogP contribution in [0.15, 0.2) is 53.1 Å². The van der Waals surface area contributed by atoms with Gasteiger partial charge >= 0.3 is 0 Å². The second-order valence-corrected chi connectivity index (χ2v) is 9.63. The Morgan fingerprint density at radius 3 is 2.74 bits per heavy atom. The van der Waals surface area contributed by atoms with Gasteiger partial charge in [0, 0.05) is 51.8 Å². The fourth-order valence-corrected chi connectivity index (χ4v) is 6.03. The van der Waals surface area contributed by atoms with E-state index >= 15 is 0 Å². The molecule has 1 aromatic carbocycles. The Morgan fingerprint density at radius 1 is 1.00 bits per heavy atom. The van der Waals surface area contributed by atoms with Crippen LogP contribution in [0.3, 0.4) is 0 Å². The molecule has 0 saturated carbocycles. The zero-order chi connectivity index (χ0) is 22.6. The average Bonchev–Trinajstić information content (AvgIpc) is 3.42. The summed E-state index contributed by atoms with van der Waals surface area (Å²) in [6.45, 7) is 0. The van der Waals surface area contributed by atoms with E-state index in [1.54, 1.807) is 0 Å². The number of aryl methyl sites for hydroxylation is 1. The first-order chi connectivity index (χ1) is 16.8. The first kappa shape index (κ1) is 19.6. The highest BCUT2D eigenvalue weighted by Crippen LogP contribution is 2.42. The van der Waals surface area contributed by atoms with Crippen molar-refractivity contribution in [2.75, 3.05) is 0 Å². The molecular formula is C30H25N3O. The highest BCUT2D eigenvalue weighted by molar-refractivity contribution is 6.04. The van der Waals surface area contributed by atoms with Gasteiger partial charge < -0.3 is 8.98 Å². The van der Waals surface area contributed by atoms with E-state index in [1.165, 1.54) is 44.4 Å². The third-order valence-corrected chi connectivity index (χ3v) is 7.65. The van der Waals surface area contributed by atoms with Crippen molar-refractivity contribution in [3.05, 3.63) is 82.5 Å². The molecule has 4 nitrogen and oxygen atoms in total. The lowest BCUT2D eigenvalue weighted by atomic mass is 9.88. The topological polar surface area (TPSA) is 54.8 Å². The van der Waals surface area contributed by atoms with Crippen LogP contribution in [0.5, 0.6) is 0 Å². The molecule has 1 unspecified atom stereocenters. The van der Waals surface area contributed by atoms with Gasteiger partial charge in [0.25, 0.3) is 0 Å². The summed E-state index contributed by atoms with van der Waals surface area (Å²) >= 11 is 0. The van der Waals surface area contributed by atoms with Gasteiger partial charge in [-0.3, -0.25) is 0 Å². The molecule has 4 heteroatoms. The van der Waals surface area contributed by atoms with Crippen LogP contribution in [0.25, 0.3) is 39.7 Å². The van der Waals surface area contributed by atoms with Crippen molar-refractivity contribution in [3.8, 4) is 6.07 Å². The molecular weight excluding hydrogens is 418 g/mol. The van der Waals surface area contributed by atoms with E-state index in [-0.39, 0.29) is 0 Å². The zero-order valence-electron chi connectivity index (χ0n) is 19.1. The van der Waals surface area contributed by atoms with Gasteiger partial charge in [-0.05, 0) is 62.3 Å². The first-order valence-electron chi connectivity index (χ1n) is 12.3. The summed E-state index contributed by atoms with van der Waals surface area (Å²) in [6.07, 6.45) is 20.9. The maximum absolute atomic E-state index is 9.11. The number of fused-ring (bicyclic) bond motifs is 6. The van der Waals surface area contributed by atoms with E-state index in [9.17, 15) is 0 Å². The predicted molar refractivity (Wildman–Crippen MR) is 136 cm³/mol. The number of rotatable bonds is 2. The van der Waals surface area contributed by atoms with Crippen molar-refractivity contribution < 1.29 is 4.42 Å². The predicted octanol–water partition coefficient (Wildman–Crippen LogP) is 7.38. The van der Waals surface area contributed by atoms with Gasteiger partial charge in [0.1, 0.15) is 23.1 Å². The van der Waals surface area contributed by atoms with Crippen molar-refractivity contribution >= 4 is 39.7 Å². The molecule has 0 amide bonds. The van der Waals surface area contributed by atoms with E-state index in [4.69, 9.17) is 9.68 Å². The van der Waals surface area contributed by atoms with Crippen LogP contribution in [-0.4, -0.2) is 9.55 Å². The number of aromatic nitrogens is 2. The zero-order valence-corrected chi connectivity index (χ0v) is 19.1. The van der Waals surface area contributed by atoms with Crippen molar-refractivity contribution in [2.24, 2.45) is 0 Å². The molecule has 3 aromatic heterocycles. The molecule has 7 rings (SSSR count). The Balaban J connectivity index is 1.43.